The van der Waals surface area contributed by atoms with E-state index in [1.54, 1.807) is 12.1 Å². The summed E-state index contributed by atoms with van der Waals surface area (Å²) >= 11 is 0. The van der Waals surface area contributed by atoms with E-state index in [4.69, 9.17) is 0 Å². The molecule has 1 N–H and O–H groups in total. The molecule has 4 heteroatoms. The Balaban J connectivity index is 1.44. The first-order valence-electron chi connectivity index (χ1n) is 8.47. The van der Waals surface area contributed by atoms with Crippen LogP contribution in [-0.2, 0) is 10.2 Å². The monoisotopic (exact) mass is 304 g/mol. The Labute approximate surface area is 131 Å². The summed E-state index contributed by atoms with van der Waals surface area (Å²) in [6.07, 6.45) is 6.71. The smallest absolute Gasteiger partial charge is 0.230 e. The summed E-state index contributed by atoms with van der Waals surface area (Å²) in [6, 6.07) is 6.38. The number of halogens is 1. The fraction of sp³-hybridized carbons (Fsp3) is 0.611. The summed E-state index contributed by atoms with van der Waals surface area (Å²) in [7, 11) is 0. The van der Waals surface area contributed by atoms with E-state index in [-0.39, 0.29) is 11.7 Å². The highest BCUT2D eigenvalue weighted by atomic mass is 19.1. The van der Waals surface area contributed by atoms with Gasteiger partial charge in [-0.15, -0.1) is 0 Å². The lowest BCUT2D eigenvalue weighted by molar-refractivity contribution is -0.123. The van der Waals surface area contributed by atoms with Crippen LogP contribution in [-0.4, -0.2) is 37.0 Å². The van der Waals surface area contributed by atoms with Crippen molar-refractivity contribution in [2.75, 3.05) is 26.2 Å². The van der Waals surface area contributed by atoms with E-state index in [2.05, 4.69) is 10.2 Å². The first-order chi connectivity index (χ1) is 10.7. The fourth-order valence-corrected chi connectivity index (χ4v) is 3.40. The van der Waals surface area contributed by atoms with Crippen LogP contribution in [0.2, 0.25) is 0 Å². The highest BCUT2D eigenvalue weighted by Gasteiger charge is 2.50. The zero-order valence-electron chi connectivity index (χ0n) is 13.1. The normalized spacial score (nSPS) is 20.6. The fourth-order valence-electron chi connectivity index (χ4n) is 3.40. The Hall–Kier alpha value is -1.42. The van der Waals surface area contributed by atoms with Gasteiger partial charge in [0.15, 0.2) is 0 Å². The first-order valence-corrected chi connectivity index (χ1v) is 8.47. The molecule has 1 saturated heterocycles. The topological polar surface area (TPSA) is 32.3 Å². The molecule has 1 heterocycles. The summed E-state index contributed by atoms with van der Waals surface area (Å²) in [6.45, 7) is 4.21. The second-order valence-corrected chi connectivity index (χ2v) is 6.60. The van der Waals surface area contributed by atoms with Crippen molar-refractivity contribution >= 4 is 5.91 Å². The zero-order valence-corrected chi connectivity index (χ0v) is 13.1. The maximum atomic E-state index is 13.0. The third kappa shape index (κ3) is 3.49. The molecule has 0 spiro atoms. The number of nitrogens with zero attached hydrogens (tertiary/aromatic N) is 1. The molecule has 1 aromatic rings. The highest BCUT2D eigenvalue weighted by Crippen LogP contribution is 2.48. The van der Waals surface area contributed by atoms with Gasteiger partial charge in [-0.25, -0.2) is 4.39 Å². The summed E-state index contributed by atoms with van der Waals surface area (Å²) in [4.78, 5) is 14.9. The summed E-state index contributed by atoms with van der Waals surface area (Å²) in [5.41, 5.74) is 0.557. The molecule has 2 aliphatic rings. The van der Waals surface area contributed by atoms with Crippen LogP contribution in [0.3, 0.4) is 0 Å². The Kier molecular flexibility index (Phi) is 4.77. The van der Waals surface area contributed by atoms with E-state index in [0.29, 0.717) is 0 Å². The number of hydrogen-bond donors (Lipinski definition) is 1. The van der Waals surface area contributed by atoms with E-state index in [0.717, 1.165) is 37.9 Å². The van der Waals surface area contributed by atoms with Crippen LogP contribution >= 0.6 is 0 Å². The third-order valence-electron chi connectivity index (χ3n) is 4.97. The number of benzene rings is 1. The maximum Gasteiger partial charge on any atom is 0.230 e. The van der Waals surface area contributed by atoms with Crippen molar-refractivity contribution in [3.8, 4) is 0 Å². The van der Waals surface area contributed by atoms with E-state index in [1.165, 1.54) is 44.5 Å². The molecule has 120 valence electrons. The second kappa shape index (κ2) is 6.78. The lowest BCUT2D eigenvalue weighted by atomic mass is 9.95. The Morgan fingerprint density at radius 3 is 2.45 bits per heavy atom. The minimum Gasteiger partial charge on any atom is -0.355 e. The van der Waals surface area contributed by atoms with Crippen LogP contribution in [0.15, 0.2) is 24.3 Å². The minimum absolute atomic E-state index is 0.109. The maximum absolute atomic E-state index is 13.0. The molecule has 1 aliphatic heterocycles. The average molecular weight is 304 g/mol. The molecular formula is C18H25FN2O. The van der Waals surface area contributed by atoms with Crippen LogP contribution in [0.5, 0.6) is 0 Å². The van der Waals surface area contributed by atoms with Crippen LogP contribution < -0.4 is 5.32 Å². The largest absolute Gasteiger partial charge is 0.355 e. The van der Waals surface area contributed by atoms with E-state index in [9.17, 15) is 9.18 Å². The number of piperidine rings is 1. The molecule has 0 radical (unpaired) electrons. The number of likely N-dealkylation sites (tertiary alicyclic amines) is 1. The van der Waals surface area contributed by atoms with Crippen molar-refractivity contribution in [1.82, 2.24) is 10.2 Å². The van der Waals surface area contributed by atoms with Crippen molar-refractivity contribution in [2.45, 2.75) is 43.9 Å². The molecule has 3 rings (SSSR count). The van der Waals surface area contributed by atoms with Gasteiger partial charge in [-0.1, -0.05) is 18.6 Å². The van der Waals surface area contributed by atoms with Gasteiger partial charge in [0.25, 0.3) is 0 Å². The predicted octanol–water partition coefficient (Wildman–Crippen LogP) is 2.85. The lowest BCUT2D eigenvalue weighted by Gasteiger charge is -2.26. The molecular weight excluding hydrogens is 279 g/mol. The Morgan fingerprint density at radius 1 is 1.14 bits per heavy atom. The van der Waals surface area contributed by atoms with Gasteiger partial charge in [0, 0.05) is 6.54 Å². The van der Waals surface area contributed by atoms with E-state index in [1.807, 2.05) is 0 Å². The van der Waals surface area contributed by atoms with Gasteiger partial charge in [0.05, 0.1) is 5.41 Å². The van der Waals surface area contributed by atoms with Crippen molar-refractivity contribution in [2.24, 2.45) is 0 Å². The van der Waals surface area contributed by atoms with Crippen molar-refractivity contribution in [1.29, 1.82) is 0 Å². The van der Waals surface area contributed by atoms with Gasteiger partial charge in [-0.05, 0) is 69.4 Å². The van der Waals surface area contributed by atoms with Crippen molar-refractivity contribution < 1.29 is 9.18 Å². The van der Waals surface area contributed by atoms with Crippen LogP contribution in [0.4, 0.5) is 4.39 Å². The number of amides is 1. The molecule has 0 aromatic heterocycles. The quantitative estimate of drug-likeness (QED) is 0.820. The van der Waals surface area contributed by atoms with Gasteiger partial charge in [-0.3, -0.25) is 4.79 Å². The number of carbonyl (C=O) groups is 1. The first kappa shape index (κ1) is 15.5. The zero-order chi connectivity index (χ0) is 15.4. The van der Waals surface area contributed by atoms with Gasteiger partial charge >= 0.3 is 0 Å². The van der Waals surface area contributed by atoms with Gasteiger partial charge in [0.2, 0.25) is 5.91 Å². The van der Waals surface area contributed by atoms with Gasteiger partial charge < -0.3 is 10.2 Å². The second-order valence-electron chi connectivity index (χ2n) is 6.60. The standard InChI is InChI=1S/C18H25FN2O/c19-16-7-5-15(6-8-16)18(9-10-18)17(22)20-11-4-14-21-12-2-1-3-13-21/h5-8H,1-4,9-14H2,(H,20,22). The van der Waals surface area contributed by atoms with E-state index < -0.39 is 5.41 Å². The minimum atomic E-state index is -0.390. The van der Waals surface area contributed by atoms with Gasteiger partial charge in [0.1, 0.15) is 5.82 Å². The Bertz CT molecular complexity index is 504. The lowest BCUT2D eigenvalue weighted by Crippen LogP contribution is -2.37. The number of carbonyl (C=O) groups excluding carboxylic acids is 1. The number of nitrogens with one attached hydrogen (secondary N) is 1. The van der Waals surface area contributed by atoms with Crippen molar-refractivity contribution in [3.05, 3.63) is 35.6 Å². The number of rotatable bonds is 6. The summed E-state index contributed by atoms with van der Waals surface area (Å²) < 4.78 is 13.0. The predicted molar refractivity (Wildman–Crippen MR) is 85.2 cm³/mol. The third-order valence-corrected chi connectivity index (χ3v) is 4.97. The Morgan fingerprint density at radius 2 is 1.82 bits per heavy atom. The molecule has 1 amide bonds. The molecule has 2 fully saturated rings. The SMILES string of the molecule is O=C(NCCCN1CCCCC1)C1(c2ccc(F)cc2)CC1. The molecule has 3 nitrogen and oxygen atoms in total. The van der Waals surface area contributed by atoms with Crippen LogP contribution in [0, 0.1) is 5.82 Å². The average Bonchev–Trinajstić information content (AvgIpc) is 3.35. The molecule has 1 aliphatic carbocycles. The molecule has 1 saturated carbocycles. The van der Waals surface area contributed by atoms with Crippen LogP contribution in [0.1, 0.15) is 44.1 Å². The van der Waals surface area contributed by atoms with E-state index >= 15 is 0 Å². The molecule has 0 atom stereocenters. The number of hydrogen-bond acceptors (Lipinski definition) is 2. The molecule has 0 unspecified atom stereocenters. The molecule has 1 aromatic carbocycles. The highest BCUT2D eigenvalue weighted by molar-refractivity contribution is 5.91. The van der Waals surface area contributed by atoms with Crippen molar-refractivity contribution in [3.63, 3.8) is 0 Å². The molecule has 22 heavy (non-hydrogen) atoms. The summed E-state index contributed by atoms with van der Waals surface area (Å²) in [5, 5.41) is 3.08. The van der Waals surface area contributed by atoms with Crippen LogP contribution in [0.25, 0.3) is 0 Å². The molecule has 0 bridgehead atoms. The van der Waals surface area contributed by atoms with Gasteiger partial charge in [-0.2, -0.15) is 0 Å². The summed E-state index contributed by atoms with van der Waals surface area (Å²) in [5.74, 6) is -0.140.